The van der Waals surface area contributed by atoms with Crippen LogP contribution < -0.4 is 10.6 Å². The molecule has 0 aliphatic carbocycles. The number of hydrogen-bond acceptors (Lipinski definition) is 4. The van der Waals surface area contributed by atoms with Crippen molar-refractivity contribution in [1.29, 1.82) is 5.41 Å². The van der Waals surface area contributed by atoms with Crippen LogP contribution in [-0.2, 0) is 4.79 Å². The smallest absolute Gasteiger partial charge is 0.239 e. The number of anilines is 1. The number of amides is 1. The van der Waals surface area contributed by atoms with Crippen molar-refractivity contribution in [2.45, 2.75) is 6.92 Å². The van der Waals surface area contributed by atoms with Gasteiger partial charge in [0.2, 0.25) is 5.91 Å². The van der Waals surface area contributed by atoms with E-state index in [0.717, 1.165) is 5.56 Å². The molecule has 1 aromatic rings. The Kier molecular flexibility index (Phi) is 4.25. The molecular formula is C10H13ClN4O. The van der Waals surface area contributed by atoms with Gasteiger partial charge in [0.15, 0.2) is 0 Å². The Morgan fingerprint density at radius 3 is 2.94 bits per heavy atom. The molecule has 16 heavy (non-hydrogen) atoms. The normalized spacial score (nSPS) is 9.69. The first-order valence-corrected chi connectivity index (χ1v) is 5.08. The van der Waals surface area contributed by atoms with Crippen molar-refractivity contribution in [1.82, 2.24) is 10.3 Å². The van der Waals surface area contributed by atoms with Crippen LogP contribution in [0.15, 0.2) is 6.07 Å². The number of carbonyl (C=O) groups excluding carboxylic acids is 1. The van der Waals surface area contributed by atoms with E-state index in [9.17, 15) is 4.79 Å². The summed E-state index contributed by atoms with van der Waals surface area (Å²) < 4.78 is 0. The molecule has 0 saturated carbocycles. The van der Waals surface area contributed by atoms with Crippen LogP contribution in [-0.4, -0.2) is 30.7 Å². The maximum atomic E-state index is 11.1. The first-order valence-electron chi connectivity index (χ1n) is 4.70. The van der Waals surface area contributed by atoms with Gasteiger partial charge < -0.3 is 16.0 Å². The summed E-state index contributed by atoms with van der Waals surface area (Å²) in [6, 6.07) is 1.67. The van der Waals surface area contributed by atoms with Crippen LogP contribution >= 0.6 is 11.6 Å². The van der Waals surface area contributed by atoms with Gasteiger partial charge in [-0.3, -0.25) is 4.79 Å². The number of nitrogens with zero attached hydrogens (tertiary/aromatic N) is 1. The molecule has 1 rings (SSSR count). The first-order chi connectivity index (χ1) is 7.58. The fourth-order valence-electron chi connectivity index (χ4n) is 1.21. The molecule has 0 unspecified atom stereocenters. The zero-order valence-electron chi connectivity index (χ0n) is 9.10. The standard InChI is InChI=1S/C10H13ClN4O/c1-6-3-8(11)15-10(7(6)4-12)14-5-9(16)13-2/h3-4,12H,5H2,1-2H3,(H,13,16)(H,14,15). The molecule has 0 radical (unpaired) electrons. The molecule has 0 bridgehead atoms. The van der Waals surface area contributed by atoms with Crippen LogP contribution in [0.1, 0.15) is 11.1 Å². The Hall–Kier alpha value is -1.62. The Morgan fingerprint density at radius 2 is 2.38 bits per heavy atom. The maximum Gasteiger partial charge on any atom is 0.239 e. The zero-order chi connectivity index (χ0) is 12.1. The van der Waals surface area contributed by atoms with Crippen LogP contribution in [0.5, 0.6) is 0 Å². The maximum absolute atomic E-state index is 11.1. The van der Waals surface area contributed by atoms with Gasteiger partial charge in [-0.2, -0.15) is 0 Å². The van der Waals surface area contributed by atoms with Crippen molar-refractivity contribution in [3.63, 3.8) is 0 Å². The topological polar surface area (TPSA) is 77.9 Å². The molecule has 0 fully saturated rings. The summed E-state index contributed by atoms with van der Waals surface area (Å²) >= 11 is 5.80. The molecule has 3 N–H and O–H groups in total. The van der Waals surface area contributed by atoms with E-state index in [1.165, 1.54) is 6.21 Å². The zero-order valence-corrected chi connectivity index (χ0v) is 9.85. The third-order valence-corrected chi connectivity index (χ3v) is 2.27. The number of carbonyl (C=O) groups is 1. The Bertz CT molecular complexity index is 420. The lowest BCUT2D eigenvalue weighted by Crippen LogP contribution is -2.26. The molecule has 0 aromatic carbocycles. The highest BCUT2D eigenvalue weighted by molar-refractivity contribution is 6.29. The second-order valence-electron chi connectivity index (χ2n) is 3.20. The largest absolute Gasteiger partial charge is 0.360 e. The van der Waals surface area contributed by atoms with Crippen molar-refractivity contribution < 1.29 is 4.79 Å². The second kappa shape index (κ2) is 5.46. The average molecular weight is 241 g/mol. The predicted molar refractivity (Wildman–Crippen MR) is 64.4 cm³/mol. The Balaban J connectivity index is 2.93. The van der Waals surface area contributed by atoms with Gasteiger partial charge in [-0.15, -0.1) is 0 Å². The fourth-order valence-corrected chi connectivity index (χ4v) is 1.46. The van der Waals surface area contributed by atoms with E-state index in [1.807, 2.05) is 6.92 Å². The lowest BCUT2D eigenvalue weighted by atomic mass is 10.1. The molecule has 5 nitrogen and oxygen atoms in total. The number of hydrogen-bond donors (Lipinski definition) is 3. The van der Waals surface area contributed by atoms with Crippen LogP contribution in [0, 0.1) is 12.3 Å². The minimum absolute atomic E-state index is 0.101. The van der Waals surface area contributed by atoms with E-state index in [2.05, 4.69) is 15.6 Å². The summed E-state index contributed by atoms with van der Waals surface area (Å²) in [5.74, 6) is 0.291. The van der Waals surface area contributed by atoms with Gasteiger partial charge in [0.25, 0.3) is 0 Å². The molecule has 1 aromatic heterocycles. The molecule has 6 heteroatoms. The highest BCUT2D eigenvalue weighted by Crippen LogP contribution is 2.19. The highest BCUT2D eigenvalue weighted by atomic mass is 35.5. The van der Waals surface area contributed by atoms with E-state index in [0.29, 0.717) is 16.5 Å². The van der Waals surface area contributed by atoms with Crippen LogP contribution in [0.2, 0.25) is 5.15 Å². The summed E-state index contributed by atoms with van der Waals surface area (Å²) in [6.07, 6.45) is 1.19. The SMILES string of the molecule is CNC(=O)CNc1nc(Cl)cc(C)c1C=N. The number of aryl methyl sites for hydroxylation is 1. The molecule has 1 heterocycles. The molecular weight excluding hydrogens is 228 g/mol. The minimum atomic E-state index is -0.157. The summed E-state index contributed by atoms with van der Waals surface area (Å²) in [7, 11) is 1.55. The van der Waals surface area contributed by atoms with Crippen molar-refractivity contribution >= 4 is 29.5 Å². The van der Waals surface area contributed by atoms with Crippen molar-refractivity contribution in [2.75, 3.05) is 18.9 Å². The molecule has 0 aliphatic heterocycles. The van der Waals surface area contributed by atoms with Crippen LogP contribution in [0.3, 0.4) is 0 Å². The van der Waals surface area contributed by atoms with E-state index in [-0.39, 0.29) is 12.5 Å². The minimum Gasteiger partial charge on any atom is -0.360 e. The molecule has 0 saturated heterocycles. The van der Waals surface area contributed by atoms with Gasteiger partial charge in [0.1, 0.15) is 11.0 Å². The Morgan fingerprint density at radius 1 is 1.69 bits per heavy atom. The molecule has 86 valence electrons. The number of halogens is 1. The number of nitrogens with one attached hydrogen (secondary N) is 3. The number of pyridine rings is 1. The molecule has 0 spiro atoms. The van der Waals surface area contributed by atoms with E-state index in [4.69, 9.17) is 17.0 Å². The number of likely N-dealkylation sites (N-methyl/N-ethyl adjacent to an activating group) is 1. The summed E-state index contributed by atoms with van der Waals surface area (Å²) in [5.41, 5.74) is 1.47. The monoisotopic (exact) mass is 240 g/mol. The van der Waals surface area contributed by atoms with Gasteiger partial charge in [0.05, 0.1) is 6.54 Å². The first kappa shape index (κ1) is 12.4. The van der Waals surface area contributed by atoms with Crippen molar-refractivity contribution in [2.24, 2.45) is 0 Å². The van der Waals surface area contributed by atoms with Crippen LogP contribution in [0.4, 0.5) is 5.82 Å². The highest BCUT2D eigenvalue weighted by Gasteiger charge is 2.08. The van der Waals surface area contributed by atoms with E-state index in [1.54, 1.807) is 13.1 Å². The van der Waals surface area contributed by atoms with Gasteiger partial charge in [0, 0.05) is 18.8 Å². The third kappa shape index (κ3) is 2.93. The third-order valence-electron chi connectivity index (χ3n) is 2.07. The fraction of sp³-hybridized carbons (Fsp3) is 0.300. The van der Waals surface area contributed by atoms with Gasteiger partial charge >= 0.3 is 0 Å². The van der Waals surface area contributed by atoms with Gasteiger partial charge in [-0.05, 0) is 18.6 Å². The second-order valence-corrected chi connectivity index (χ2v) is 3.58. The van der Waals surface area contributed by atoms with Crippen molar-refractivity contribution in [3.05, 3.63) is 22.3 Å². The van der Waals surface area contributed by atoms with Gasteiger partial charge in [-0.25, -0.2) is 4.98 Å². The van der Waals surface area contributed by atoms with Crippen molar-refractivity contribution in [3.8, 4) is 0 Å². The predicted octanol–water partition coefficient (Wildman–Crippen LogP) is 1.20. The molecule has 0 aliphatic rings. The van der Waals surface area contributed by atoms with Gasteiger partial charge in [-0.1, -0.05) is 11.6 Å². The summed E-state index contributed by atoms with van der Waals surface area (Å²) in [4.78, 5) is 15.1. The lowest BCUT2D eigenvalue weighted by molar-refractivity contribution is -0.118. The lowest BCUT2D eigenvalue weighted by Gasteiger charge is -2.10. The molecule has 0 atom stereocenters. The molecule has 1 amide bonds. The van der Waals surface area contributed by atoms with E-state index >= 15 is 0 Å². The average Bonchev–Trinajstić information content (AvgIpc) is 2.25. The quantitative estimate of drug-likeness (QED) is 0.547. The number of rotatable bonds is 4. The van der Waals surface area contributed by atoms with E-state index < -0.39 is 0 Å². The summed E-state index contributed by atoms with van der Waals surface area (Å²) in [5, 5.41) is 12.9. The number of aromatic nitrogens is 1. The Labute approximate surface area is 98.7 Å². The van der Waals surface area contributed by atoms with Crippen LogP contribution in [0.25, 0.3) is 0 Å². The summed E-state index contributed by atoms with van der Waals surface area (Å²) in [6.45, 7) is 1.93.